The molecule has 8 unspecified atom stereocenters. The Bertz CT molecular complexity index is 4570. The van der Waals surface area contributed by atoms with Gasteiger partial charge in [0.1, 0.15) is 23.1 Å². The van der Waals surface area contributed by atoms with Gasteiger partial charge in [0.25, 0.3) is 10.1 Å². The number of aromatic nitrogens is 5. The molecule has 0 spiro atoms. The van der Waals surface area contributed by atoms with Gasteiger partial charge in [-0.05, 0) is 201 Å². The predicted molar refractivity (Wildman–Crippen MR) is 551 cm³/mol. The number of aryl methyl sites for hydroxylation is 5. The molecule has 2 fully saturated rings. The fourth-order valence-electron chi connectivity index (χ4n) is 14.4. The Kier molecular flexibility index (Phi) is 62.2. The number of hydrogen-bond donors (Lipinski definition) is 10. The summed E-state index contributed by atoms with van der Waals surface area (Å²) in [4.78, 5) is 83.6. The first-order chi connectivity index (χ1) is 59.4. The summed E-state index contributed by atoms with van der Waals surface area (Å²) in [5, 5.41) is 27.3. The highest BCUT2D eigenvalue weighted by Crippen LogP contribution is 2.41. The Hall–Kier alpha value is -4.84. The first kappa shape index (κ1) is 120. The van der Waals surface area contributed by atoms with Crippen LogP contribution < -0.4 is 61.4 Å². The molecule has 712 valence electrons. The molecule has 0 radical (unpaired) electrons. The molecular weight excluding hydrogens is 2030 g/mol. The number of rotatable bonds is 15. The van der Waals surface area contributed by atoms with Crippen LogP contribution in [0.15, 0.2) is 91.0 Å². The van der Waals surface area contributed by atoms with Crippen molar-refractivity contribution < 1.29 is 59.9 Å². The lowest BCUT2D eigenvalue weighted by atomic mass is 9.85. The molecule has 5 heterocycles. The summed E-state index contributed by atoms with van der Waals surface area (Å²) in [5.74, 6) is 1.27. The number of likely N-dealkylation sites (N-methyl/N-ethyl adjacent to an activating group) is 1. The summed E-state index contributed by atoms with van der Waals surface area (Å²) in [6, 6.07) is 32.3. The number of benzene rings is 3. The normalized spacial score (nSPS) is 18.8. The average molecular weight is 2170 g/mol. The maximum atomic E-state index is 11.3. The van der Waals surface area contributed by atoms with Gasteiger partial charge in [0.2, 0.25) is 9.05 Å². The van der Waals surface area contributed by atoms with Crippen LogP contribution in [0.3, 0.4) is 0 Å². The van der Waals surface area contributed by atoms with E-state index < -0.39 is 27.1 Å². The number of thiazole rings is 5. The third kappa shape index (κ3) is 46.1. The van der Waals surface area contributed by atoms with E-state index in [1.54, 1.807) is 54.8 Å². The molecule has 127 heavy (non-hydrogen) atoms. The van der Waals surface area contributed by atoms with Crippen molar-refractivity contribution in [1.82, 2.24) is 30.2 Å². The van der Waals surface area contributed by atoms with Gasteiger partial charge in [-0.15, -0.1) is 69.1 Å². The Balaban J connectivity index is 0.000000707. The maximum absolute atomic E-state index is 11.3. The molecule has 0 bridgehead atoms. The molecule has 3 aromatic carbocycles. The van der Waals surface area contributed by atoms with E-state index in [0.29, 0.717) is 50.3 Å². The quantitative estimate of drug-likeness (QED) is 0.0114. The lowest BCUT2D eigenvalue weighted by Crippen LogP contribution is -2.32. The van der Waals surface area contributed by atoms with Crippen molar-refractivity contribution in [3.63, 3.8) is 0 Å². The second kappa shape index (κ2) is 65.7. The zero-order valence-corrected chi connectivity index (χ0v) is 87.3. The topological polar surface area (TPSA) is 471 Å². The Morgan fingerprint density at radius 3 is 1.16 bits per heavy atom. The molecular formula is C87H133Br3Cl2N13O13PS8. The molecule has 0 aliphatic heterocycles. The number of nitrogens with zero attached hydrogens (tertiary/aromatic N) is 5. The first-order valence-corrected chi connectivity index (χ1v) is 56.6. The van der Waals surface area contributed by atoms with Crippen molar-refractivity contribution in [3.8, 4) is 0 Å². The summed E-state index contributed by atoms with van der Waals surface area (Å²) in [5.41, 5.74) is 44.1. The van der Waals surface area contributed by atoms with Gasteiger partial charge >= 0.3 is 0 Å². The number of aliphatic hydroxyl groups excluding tert-OH is 2. The van der Waals surface area contributed by atoms with Crippen LogP contribution in [0.1, 0.15) is 247 Å². The predicted octanol–water partition coefficient (Wildman–Crippen LogP) is 17.2. The largest absolute Gasteiger partial charge is 0.397 e. The molecule has 5 aromatic heterocycles. The van der Waals surface area contributed by atoms with Gasteiger partial charge in [-0.3, -0.25) is 28.2 Å². The van der Waals surface area contributed by atoms with Crippen molar-refractivity contribution in [2.24, 2.45) is 23.3 Å². The van der Waals surface area contributed by atoms with E-state index in [9.17, 15) is 40.8 Å². The summed E-state index contributed by atoms with van der Waals surface area (Å²) in [7, 11) is -0.523. The molecule has 8 aromatic rings. The van der Waals surface area contributed by atoms with E-state index in [2.05, 4.69) is 188 Å². The number of thiocarbonyl (C=S) groups is 1. The van der Waals surface area contributed by atoms with Crippen LogP contribution in [0, 0.1) is 11.8 Å². The van der Waals surface area contributed by atoms with Gasteiger partial charge in [-0.25, -0.2) is 33.3 Å². The fourth-order valence-corrected chi connectivity index (χ4v) is 22.5. The Morgan fingerprint density at radius 2 is 0.835 bits per heavy atom. The number of carbonyl (C=O) groups is 5. The van der Waals surface area contributed by atoms with Gasteiger partial charge < -0.3 is 60.4 Å². The number of hydrogen-bond acceptors (Lipinski definition) is 31. The van der Waals surface area contributed by atoms with E-state index >= 15 is 0 Å². The number of fused-ring (bicyclic) bond motifs is 5. The van der Waals surface area contributed by atoms with E-state index in [1.165, 1.54) is 120 Å². The Morgan fingerprint density at radius 1 is 0.520 bits per heavy atom. The molecule has 7 aliphatic rings. The van der Waals surface area contributed by atoms with E-state index in [-0.39, 0.29) is 103 Å². The van der Waals surface area contributed by atoms with Crippen LogP contribution in [0.5, 0.6) is 0 Å². The molecule has 0 saturated heterocycles. The zero-order chi connectivity index (χ0) is 93.4. The third-order valence-electron chi connectivity index (χ3n) is 19.8. The molecule has 7 aliphatic carbocycles. The second-order valence-electron chi connectivity index (χ2n) is 29.8. The number of alkyl halides is 1. The second-order valence-corrected chi connectivity index (χ2v) is 44.0. The van der Waals surface area contributed by atoms with Crippen molar-refractivity contribution in [2.45, 2.75) is 232 Å². The van der Waals surface area contributed by atoms with Crippen LogP contribution >= 0.6 is 144 Å². The van der Waals surface area contributed by atoms with Crippen molar-refractivity contribution in [3.05, 3.63) is 144 Å². The molecule has 40 heteroatoms. The van der Waals surface area contributed by atoms with Gasteiger partial charge in [0.15, 0.2) is 31.4 Å². The minimum absolute atomic E-state index is 0. The minimum Gasteiger partial charge on any atom is -0.397 e. The van der Waals surface area contributed by atoms with Crippen LogP contribution in [0.25, 0.3) is 0 Å². The fraction of sp³-hybridized carbons (Fsp3) is 0.552. The number of aliphatic hydroxyl groups is 2. The summed E-state index contributed by atoms with van der Waals surface area (Å²) < 4.78 is 50.3. The monoisotopic (exact) mass is 2160 g/mol. The third-order valence-corrected chi connectivity index (χ3v) is 28.6. The number of ketones is 5. The maximum Gasteiger partial charge on any atom is 0.264 e. The van der Waals surface area contributed by atoms with Gasteiger partial charge in [0, 0.05) is 126 Å². The lowest BCUT2D eigenvalue weighted by Gasteiger charge is -2.21. The number of Topliss-reactive ketones (excluding diaryl/α,β-unsaturated/α-hetero) is 5. The number of carbonyl (C=O) groups excluding carboxylic acids is 5. The number of halogens is 5. The van der Waals surface area contributed by atoms with Gasteiger partial charge in [0.05, 0.1) is 81.8 Å². The number of nitrogen functional groups attached to an aromatic ring is 5. The molecule has 8 atom stereocenters. The molecule has 15 rings (SSSR count). The van der Waals surface area contributed by atoms with Gasteiger partial charge in [-0.2, -0.15) is 8.42 Å². The van der Waals surface area contributed by atoms with E-state index in [1.807, 2.05) is 20.9 Å². The van der Waals surface area contributed by atoms with Crippen LogP contribution in [0.4, 0.5) is 25.7 Å². The van der Waals surface area contributed by atoms with Crippen LogP contribution in [-0.2, 0) is 84.2 Å². The van der Waals surface area contributed by atoms with Crippen LogP contribution in [0.2, 0.25) is 0 Å². The standard InChI is InChI=1S/C18H15P.C9H15N3S.C9H14N2O3S2.C9H12N2OS.C8H11BrO2.C8H13N3S.C8H12N2OS.C8H12O2.C4H10O.C2H5NS.C2H6O.CH3ClO2S.CH4.Br2.ClH/c1-4-10-16(11-5-1)19(17-12-6-2-7-13-17)18-14-8-3-9-15-18;1-11-5-6-3-2-4-7-8(6)12-9(10)13-7;1-16(12,13)14-5-6-3-2-4-7-8(6)11-9(10)15-7;1-5(12)6-3-2-4-7-8(6)11-9(10)13-7;1-5(10)6-3-2-4-7(9)8(6)11;9-4-5-2-1-3-6-7(5)11-8(10)12-6;9-8-10-7-5(4-11)2-1-3-6(7)12-8;1-6(9)7-4-2-3-5-8(7)10;1-3-5-4-2;1-2(3)4;1-2-3;1-5(2,3)4;;1-2;/h1-15H;6,11H,2-5H2,1H3,(H2,10,12);6H,2-5H2,1H3,(H2,10,11);6H,2-4H2,1H3,(H2,10,11);6-7H,2-4H2,1H3;5H,1-4,9H2,(H2,10,11);5,11H,1-4H2,(H2,9,10);7H,2-5H2,1H3;3-4H2,1-2H3;1H3,(H2,3,4);3H,2H2,1H3;1H3;1H4;;1H. The number of ether oxygens (including phenoxy) is 1. The molecule has 26 nitrogen and oxygen atoms in total. The highest BCUT2D eigenvalue weighted by atomic mass is 80.9. The van der Waals surface area contributed by atoms with Crippen LogP contribution in [-0.4, -0.2) is 156 Å². The smallest absolute Gasteiger partial charge is 0.264 e. The number of nitrogens with two attached hydrogens (primary N) is 7. The van der Waals surface area contributed by atoms with E-state index in [4.69, 9.17) is 59.3 Å². The minimum atomic E-state index is -3.37. The lowest BCUT2D eigenvalue weighted by molar-refractivity contribution is -0.134. The molecule has 0 amide bonds. The van der Waals surface area contributed by atoms with Crippen molar-refractivity contribution in [1.29, 1.82) is 0 Å². The average Bonchev–Trinajstić information content (AvgIpc) is 1.75. The zero-order valence-electron chi connectivity index (χ0n) is 73.6. The van der Waals surface area contributed by atoms with Crippen molar-refractivity contribution in [2.75, 3.05) is 94.4 Å². The number of nitrogens with one attached hydrogen (secondary N) is 1. The highest BCUT2D eigenvalue weighted by Gasteiger charge is 2.34. The summed E-state index contributed by atoms with van der Waals surface area (Å²) in [6.07, 6.45) is 24.5. The summed E-state index contributed by atoms with van der Waals surface area (Å²) >= 11 is 20.9. The van der Waals surface area contributed by atoms with Gasteiger partial charge in [-0.1, -0.05) is 139 Å². The molecule has 17 N–H and O–H groups in total. The van der Waals surface area contributed by atoms with Crippen molar-refractivity contribution >= 4 is 239 Å². The SMILES string of the molecule is BrBr.C.CC(=O)C1CCCC(Br)C1=O.CC(=O)C1CCCCC1=O.CC(=O)C1CCCc2sc(N)nc21.CC(N)=S.CCO.CCOCC.CNCC1CCCc2sc(N)nc21.CS(=O)(=O)Cl.CS(=O)(=O)OCC1CCCc2sc(N)nc21.Cl.NCC1CCCc2sc(N)nc21.Nc1nc2c(s1)CCCC2CO.c1ccc(P(c2ccccc2)c2ccccc2)cc1. The van der Waals surface area contributed by atoms with E-state index in [0.717, 1.165) is 157 Å². The summed E-state index contributed by atoms with van der Waals surface area (Å²) in [6.45, 7) is 16.0. The molecule has 2 saturated carbocycles. The highest BCUT2D eigenvalue weighted by molar-refractivity contribution is 9.93. The number of anilines is 5. The Labute approximate surface area is 814 Å². The first-order valence-electron chi connectivity index (χ1n) is 41.6.